The van der Waals surface area contributed by atoms with E-state index >= 15 is 0 Å². The van der Waals surface area contributed by atoms with Crippen molar-refractivity contribution >= 4 is 17.4 Å². The zero-order valence-electron chi connectivity index (χ0n) is 14.0. The number of rotatable bonds is 6. The van der Waals surface area contributed by atoms with E-state index in [1.807, 2.05) is 44.2 Å². The van der Waals surface area contributed by atoms with E-state index in [4.69, 9.17) is 21.1 Å². The number of halogens is 1. The number of Topliss-reactive ketones (excluding diaryl/α,β-unsaturated/α-hetero) is 1. The molecule has 1 aliphatic rings. The molecule has 0 atom stereocenters. The Morgan fingerprint density at radius 3 is 2.50 bits per heavy atom. The number of ketones is 1. The molecule has 3 nitrogen and oxygen atoms in total. The number of aryl methyl sites for hydroxylation is 2. The second kappa shape index (κ2) is 7.27. The summed E-state index contributed by atoms with van der Waals surface area (Å²) < 4.78 is 11.6. The first-order valence-corrected chi connectivity index (χ1v) is 8.61. The molecule has 4 heteroatoms. The Hall–Kier alpha value is -2.00. The SMILES string of the molecule is Cc1cc(OCCCOc2cccc3c2CCC3=O)cc(C)c1Cl. The normalized spacial score (nSPS) is 13.0. The van der Waals surface area contributed by atoms with Gasteiger partial charge in [-0.1, -0.05) is 23.7 Å². The van der Waals surface area contributed by atoms with Gasteiger partial charge in [0, 0.05) is 29.0 Å². The van der Waals surface area contributed by atoms with Gasteiger partial charge in [0.05, 0.1) is 13.2 Å². The number of hydrogen-bond donors (Lipinski definition) is 0. The van der Waals surface area contributed by atoms with Crippen molar-refractivity contribution in [1.29, 1.82) is 0 Å². The first kappa shape index (κ1) is 16.8. The molecule has 0 heterocycles. The van der Waals surface area contributed by atoms with Crippen LogP contribution in [0.25, 0.3) is 0 Å². The van der Waals surface area contributed by atoms with Gasteiger partial charge in [-0.3, -0.25) is 4.79 Å². The van der Waals surface area contributed by atoms with Crippen LogP contribution in [0.5, 0.6) is 11.5 Å². The van der Waals surface area contributed by atoms with Crippen molar-refractivity contribution in [3.8, 4) is 11.5 Å². The first-order chi connectivity index (χ1) is 11.6. The minimum Gasteiger partial charge on any atom is -0.493 e. The molecule has 0 saturated carbocycles. The topological polar surface area (TPSA) is 35.5 Å². The standard InChI is InChI=1S/C20H21ClO3/c1-13-11-15(12-14(2)20(13)21)23-9-4-10-24-19-6-3-5-16-17(19)7-8-18(16)22/h3,5-6,11-12H,4,7-10H2,1-2H3. The van der Waals surface area contributed by atoms with Gasteiger partial charge in [-0.15, -0.1) is 0 Å². The van der Waals surface area contributed by atoms with Crippen molar-refractivity contribution in [1.82, 2.24) is 0 Å². The van der Waals surface area contributed by atoms with Crippen LogP contribution in [0.3, 0.4) is 0 Å². The lowest BCUT2D eigenvalue weighted by atomic mass is 10.1. The lowest BCUT2D eigenvalue weighted by Crippen LogP contribution is -2.06. The summed E-state index contributed by atoms with van der Waals surface area (Å²) in [6.07, 6.45) is 2.15. The monoisotopic (exact) mass is 344 g/mol. The zero-order valence-corrected chi connectivity index (χ0v) is 14.8. The third-order valence-electron chi connectivity index (χ3n) is 4.26. The van der Waals surface area contributed by atoms with Crippen molar-refractivity contribution in [2.75, 3.05) is 13.2 Å². The van der Waals surface area contributed by atoms with Crippen LogP contribution in [0.4, 0.5) is 0 Å². The van der Waals surface area contributed by atoms with Crippen LogP contribution in [-0.4, -0.2) is 19.0 Å². The van der Waals surface area contributed by atoms with E-state index in [0.717, 1.165) is 51.6 Å². The predicted octanol–water partition coefficient (Wildman–Crippen LogP) is 4.93. The molecule has 3 rings (SSSR count). The Morgan fingerprint density at radius 2 is 1.75 bits per heavy atom. The van der Waals surface area contributed by atoms with Gasteiger partial charge in [-0.25, -0.2) is 0 Å². The van der Waals surface area contributed by atoms with Gasteiger partial charge in [0.15, 0.2) is 5.78 Å². The van der Waals surface area contributed by atoms with Crippen molar-refractivity contribution in [2.24, 2.45) is 0 Å². The van der Waals surface area contributed by atoms with Gasteiger partial charge in [-0.05, 0) is 49.6 Å². The van der Waals surface area contributed by atoms with Crippen LogP contribution >= 0.6 is 11.6 Å². The average Bonchev–Trinajstić information content (AvgIpc) is 2.94. The molecule has 0 fully saturated rings. The highest BCUT2D eigenvalue weighted by atomic mass is 35.5. The number of carbonyl (C=O) groups is 1. The lowest BCUT2D eigenvalue weighted by Gasteiger charge is -2.12. The molecule has 1 aliphatic carbocycles. The fraction of sp³-hybridized carbons (Fsp3) is 0.350. The Balaban J connectivity index is 1.49. The lowest BCUT2D eigenvalue weighted by molar-refractivity contribution is 0.0994. The van der Waals surface area contributed by atoms with E-state index in [1.54, 1.807) is 0 Å². The number of benzene rings is 2. The van der Waals surface area contributed by atoms with Crippen molar-refractivity contribution < 1.29 is 14.3 Å². The molecule has 0 amide bonds. The Bertz CT molecular complexity index is 744. The smallest absolute Gasteiger partial charge is 0.163 e. The van der Waals surface area contributed by atoms with E-state index in [0.29, 0.717) is 19.6 Å². The minimum atomic E-state index is 0.215. The fourth-order valence-electron chi connectivity index (χ4n) is 3.01. The first-order valence-electron chi connectivity index (χ1n) is 8.23. The largest absolute Gasteiger partial charge is 0.493 e. The van der Waals surface area contributed by atoms with E-state index in [2.05, 4.69) is 0 Å². The number of carbonyl (C=O) groups excluding carboxylic acids is 1. The maximum atomic E-state index is 11.7. The summed E-state index contributed by atoms with van der Waals surface area (Å²) in [6, 6.07) is 9.60. The van der Waals surface area contributed by atoms with Gasteiger partial charge in [0.2, 0.25) is 0 Å². The van der Waals surface area contributed by atoms with E-state index in [-0.39, 0.29) is 5.78 Å². The predicted molar refractivity (Wildman–Crippen MR) is 95.6 cm³/mol. The molecule has 2 aromatic rings. The third-order valence-corrected chi connectivity index (χ3v) is 4.86. The van der Waals surface area contributed by atoms with Gasteiger partial charge < -0.3 is 9.47 Å². The molecule has 0 bridgehead atoms. The summed E-state index contributed by atoms with van der Waals surface area (Å²) in [6.45, 7) is 5.09. The highest BCUT2D eigenvalue weighted by Gasteiger charge is 2.22. The van der Waals surface area contributed by atoms with E-state index in [1.165, 1.54) is 0 Å². The summed E-state index contributed by atoms with van der Waals surface area (Å²) in [7, 11) is 0. The maximum Gasteiger partial charge on any atom is 0.163 e. The number of fused-ring (bicyclic) bond motifs is 1. The highest BCUT2D eigenvalue weighted by Crippen LogP contribution is 2.30. The van der Waals surface area contributed by atoms with Gasteiger partial charge in [0.1, 0.15) is 11.5 Å². The zero-order chi connectivity index (χ0) is 17.1. The summed E-state index contributed by atoms with van der Waals surface area (Å²) in [5.41, 5.74) is 3.91. The molecule has 24 heavy (non-hydrogen) atoms. The second-order valence-electron chi connectivity index (χ2n) is 6.13. The highest BCUT2D eigenvalue weighted by molar-refractivity contribution is 6.32. The van der Waals surface area contributed by atoms with Crippen LogP contribution in [0.1, 0.15) is 39.9 Å². The summed E-state index contributed by atoms with van der Waals surface area (Å²) in [5, 5.41) is 0.790. The summed E-state index contributed by atoms with van der Waals surface area (Å²) >= 11 is 6.16. The Labute approximate surface area is 147 Å². The second-order valence-corrected chi connectivity index (χ2v) is 6.50. The Kier molecular flexibility index (Phi) is 5.10. The van der Waals surface area contributed by atoms with Crippen LogP contribution < -0.4 is 9.47 Å². The number of ether oxygens (including phenoxy) is 2. The maximum absolute atomic E-state index is 11.7. The van der Waals surface area contributed by atoms with Gasteiger partial charge in [0.25, 0.3) is 0 Å². The van der Waals surface area contributed by atoms with Crippen molar-refractivity contribution in [3.63, 3.8) is 0 Å². The molecule has 0 unspecified atom stereocenters. The fourth-order valence-corrected chi connectivity index (χ4v) is 3.12. The molecule has 126 valence electrons. The third kappa shape index (κ3) is 3.57. The molecule has 0 saturated heterocycles. The Morgan fingerprint density at radius 1 is 1.04 bits per heavy atom. The molecule has 2 aromatic carbocycles. The van der Waals surface area contributed by atoms with Crippen LogP contribution in [0.15, 0.2) is 30.3 Å². The molecule has 0 aliphatic heterocycles. The summed E-state index contributed by atoms with van der Waals surface area (Å²) in [4.78, 5) is 11.7. The van der Waals surface area contributed by atoms with E-state index in [9.17, 15) is 4.79 Å². The molecule has 0 N–H and O–H groups in total. The molecular formula is C20H21ClO3. The molecule has 0 aromatic heterocycles. The molecule has 0 spiro atoms. The number of hydrogen-bond acceptors (Lipinski definition) is 3. The van der Waals surface area contributed by atoms with Crippen LogP contribution in [0, 0.1) is 13.8 Å². The molecule has 0 radical (unpaired) electrons. The van der Waals surface area contributed by atoms with Crippen molar-refractivity contribution in [3.05, 3.63) is 57.6 Å². The van der Waals surface area contributed by atoms with Crippen molar-refractivity contribution in [2.45, 2.75) is 33.1 Å². The van der Waals surface area contributed by atoms with Crippen LogP contribution in [0.2, 0.25) is 5.02 Å². The van der Waals surface area contributed by atoms with Crippen LogP contribution in [-0.2, 0) is 6.42 Å². The van der Waals surface area contributed by atoms with Gasteiger partial charge >= 0.3 is 0 Å². The summed E-state index contributed by atoms with van der Waals surface area (Å²) in [5.74, 6) is 1.88. The quantitative estimate of drug-likeness (QED) is 0.697. The molecular weight excluding hydrogens is 324 g/mol. The van der Waals surface area contributed by atoms with E-state index < -0.39 is 0 Å². The minimum absolute atomic E-state index is 0.215. The van der Waals surface area contributed by atoms with Gasteiger partial charge in [-0.2, -0.15) is 0 Å². The average molecular weight is 345 g/mol.